The monoisotopic (exact) mass is 671 g/mol. The van der Waals surface area contributed by atoms with Gasteiger partial charge in [0.1, 0.15) is 11.2 Å². The Balaban J connectivity index is 1.65. The van der Waals surface area contributed by atoms with E-state index in [1.165, 1.54) is 35.4 Å². The number of fused-ring (bicyclic) bond motifs is 1. The lowest BCUT2D eigenvalue weighted by Gasteiger charge is -2.50. The fourth-order valence-corrected chi connectivity index (χ4v) is 8.78. The smallest absolute Gasteiger partial charge is 0.407 e. The second-order valence-electron chi connectivity index (χ2n) is 11.8. The lowest BCUT2D eigenvalue weighted by Crippen LogP contribution is -2.67. The molecule has 2 atom stereocenters. The van der Waals surface area contributed by atoms with Gasteiger partial charge in [-0.1, -0.05) is 35.9 Å². The third-order valence-electron chi connectivity index (χ3n) is 9.32. The van der Waals surface area contributed by atoms with Crippen molar-refractivity contribution >= 4 is 39.3 Å². The van der Waals surface area contributed by atoms with E-state index >= 15 is 9.18 Å². The number of carbonyl (C=O) groups is 2. The number of aromatic nitrogens is 1. The zero-order valence-corrected chi connectivity index (χ0v) is 27.0. The molecule has 14 heteroatoms. The number of benzene rings is 2. The summed E-state index contributed by atoms with van der Waals surface area (Å²) in [5.41, 5.74) is -2.14. The summed E-state index contributed by atoms with van der Waals surface area (Å²) in [5, 5.41) is 10.2. The zero-order valence-electron chi connectivity index (χ0n) is 25.5. The van der Waals surface area contributed by atoms with E-state index in [1.807, 2.05) is 7.05 Å². The predicted octanol–water partition coefficient (Wildman–Crippen LogP) is 4.05. The molecule has 2 amide bonds. The molecule has 2 saturated heterocycles. The van der Waals surface area contributed by atoms with Crippen molar-refractivity contribution in [1.29, 1.82) is 0 Å². The first-order chi connectivity index (χ1) is 22.0. The van der Waals surface area contributed by atoms with E-state index in [2.05, 4.69) is 14.8 Å². The number of hydrogen-bond acceptors (Lipinski definition) is 8. The summed E-state index contributed by atoms with van der Waals surface area (Å²) in [6, 6.07) is 11.6. The van der Waals surface area contributed by atoms with E-state index in [1.54, 1.807) is 25.1 Å². The number of amides is 2. The minimum Gasteiger partial charge on any atom is -0.478 e. The molecule has 46 heavy (non-hydrogen) atoms. The fourth-order valence-electron chi connectivity index (χ4n) is 7.14. The van der Waals surface area contributed by atoms with Crippen LogP contribution in [0.25, 0.3) is 0 Å². The summed E-state index contributed by atoms with van der Waals surface area (Å²) in [7, 11) is -2.55. The Kier molecular flexibility index (Phi) is 8.70. The second-order valence-corrected chi connectivity index (χ2v) is 14.0. The Morgan fingerprint density at radius 1 is 1.09 bits per heavy atom. The van der Waals surface area contributed by atoms with Crippen LogP contribution in [0.2, 0.25) is 5.02 Å². The molecule has 1 N–H and O–H groups in total. The van der Waals surface area contributed by atoms with Gasteiger partial charge in [0.2, 0.25) is 5.88 Å². The van der Waals surface area contributed by atoms with Crippen LogP contribution in [0.1, 0.15) is 30.9 Å². The van der Waals surface area contributed by atoms with E-state index in [4.69, 9.17) is 16.3 Å². The van der Waals surface area contributed by atoms with Gasteiger partial charge >= 0.3 is 6.09 Å². The van der Waals surface area contributed by atoms with Crippen LogP contribution in [0.15, 0.2) is 65.7 Å². The van der Waals surface area contributed by atoms with Gasteiger partial charge in [-0.15, -0.1) is 0 Å². The van der Waals surface area contributed by atoms with Crippen molar-refractivity contribution in [2.45, 2.75) is 42.2 Å². The zero-order chi connectivity index (χ0) is 32.8. The summed E-state index contributed by atoms with van der Waals surface area (Å²) in [6.45, 7) is 4.12. The third kappa shape index (κ3) is 5.19. The van der Waals surface area contributed by atoms with Crippen LogP contribution in [0, 0.1) is 5.82 Å². The van der Waals surface area contributed by atoms with Crippen molar-refractivity contribution in [3.05, 3.63) is 82.8 Å². The van der Waals surface area contributed by atoms with Crippen LogP contribution < -0.4 is 9.04 Å². The molecule has 2 unspecified atom stereocenters. The van der Waals surface area contributed by atoms with E-state index in [0.29, 0.717) is 10.8 Å². The molecule has 2 fully saturated rings. The molecule has 0 spiro atoms. The third-order valence-corrected chi connectivity index (χ3v) is 11.3. The largest absolute Gasteiger partial charge is 0.478 e. The average molecular weight is 672 g/mol. The van der Waals surface area contributed by atoms with Crippen LogP contribution >= 0.6 is 11.6 Å². The highest BCUT2D eigenvalue weighted by Gasteiger charge is 2.64. The van der Waals surface area contributed by atoms with Crippen molar-refractivity contribution in [3.8, 4) is 5.88 Å². The van der Waals surface area contributed by atoms with Crippen molar-refractivity contribution in [2.75, 3.05) is 50.7 Å². The standard InChI is InChI=1S/C32H35ClFN5O6S/c1-3-45-29-23(10-7-13-35-29)32(28-20-37(16-17-38(28)31(41)42)21-11-14-36(2)15-12-21)24-18-26(34)25(33)19-27(24)39(30(32)40)46(43,44)22-8-5-4-6-9-22/h4-10,13,18-19,21,28H,3,11-12,14-17,20H2,1-2H3,(H,41,42). The van der Waals surface area contributed by atoms with Gasteiger partial charge in [0.25, 0.3) is 15.9 Å². The molecule has 244 valence electrons. The topological polar surface area (TPSA) is 124 Å². The molecule has 2 aromatic carbocycles. The number of hydrogen-bond donors (Lipinski definition) is 1. The number of rotatable bonds is 7. The van der Waals surface area contributed by atoms with Gasteiger partial charge in [-0.2, -0.15) is 0 Å². The predicted molar refractivity (Wildman–Crippen MR) is 169 cm³/mol. The fraction of sp³-hybridized carbons (Fsp3) is 0.406. The molecule has 3 aromatic rings. The molecule has 0 bridgehead atoms. The average Bonchev–Trinajstić information content (AvgIpc) is 3.30. The summed E-state index contributed by atoms with van der Waals surface area (Å²) in [6.07, 6.45) is 1.85. The minimum atomic E-state index is -4.60. The maximum absolute atomic E-state index is 15.6. The number of piperazine rings is 1. The number of halogens is 2. The Morgan fingerprint density at radius 2 is 1.80 bits per heavy atom. The number of carboxylic acid groups (broad SMARTS) is 1. The van der Waals surface area contributed by atoms with Crippen molar-refractivity contribution in [3.63, 3.8) is 0 Å². The number of pyridine rings is 1. The highest BCUT2D eigenvalue weighted by atomic mass is 35.5. The van der Waals surface area contributed by atoms with E-state index in [9.17, 15) is 18.3 Å². The number of carbonyl (C=O) groups excluding carboxylic acids is 1. The summed E-state index contributed by atoms with van der Waals surface area (Å²) >= 11 is 6.26. The maximum Gasteiger partial charge on any atom is 0.407 e. The van der Waals surface area contributed by atoms with Crippen LogP contribution in [0.4, 0.5) is 14.9 Å². The molecule has 6 rings (SSSR count). The Morgan fingerprint density at radius 3 is 2.48 bits per heavy atom. The van der Waals surface area contributed by atoms with Gasteiger partial charge < -0.3 is 19.6 Å². The Hall–Kier alpha value is -3.78. The van der Waals surface area contributed by atoms with Crippen LogP contribution in [0.3, 0.4) is 0 Å². The number of piperidine rings is 1. The van der Waals surface area contributed by atoms with Gasteiger partial charge in [0.15, 0.2) is 0 Å². The first kappa shape index (κ1) is 32.2. The minimum absolute atomic E-state index is 0.0142. The molecule has 0 aliphatic carbocycles. The lowest BCUT2D eigenvalue weighted by molar-refractivity contribution is -0.124. The van der Waals surface area contributed by atoms with Crippen LogP contribution in [-0.2, 0) is 20.2 Å². The van der Waals surface area contributed by atoms with E-state index in [0.717, 1.165) is 38.1 Å². The molecule has 4 heterocycles. The van der Waals surface area contributed by atoms with Gasteiger partial charge in [-0.25, -0.2) is 26.9 Å². The quantitative estimate of drug-likeness (QED) is 0.396. The number of sulfonamides is 1. The number of nitrogens with zero attached hydrogens (tertiary/aromatic N) is 5. The first-order valence-corrected chi connectivity index (χ1v) is 17.0. The van der Waals surface area contributed by atoms with Crippen molar-refractivity contribution < 1.29 is 32.2 Å². The number of ether oxygens (including phenoxy) is 1. The van der Waals surface area contributed by atoms with Gasteiger partial charge in [0.05, 0.1) is 28.3 Å². The molecular formula is C32H35ClFN5O6S. The van der Waals surface area contributed by atoms with Crippen LogP contribution in [0.5, 0.6) is 5.88 Å². The summed E-state index contributed by atoms with van der Waals surface area (Å²) in [4.78, 5) is 38.1. The number of likely N-dealkylation sites (tertiary alicyclic amines) is 1. The van der Waals surface area contributed by atoms with E-state index < -0.39 is 44.3 Å². The molecule has 0 saturated carbocycles. The molecule has 11 nitrogen and oxygen atoms in total. The second kappa shape index (κ2) is 12.4. The number of anilines is 1. The summed E-state index contributed by atoms with van der Waals surface area (Å²) in [5.74, 6) is -1.84. The van der Waals surface area contributed by atoms with E-state index in [-0.39, 0.29) is 53.3 Å². The molecular weight excluding hydrogens is 637 g/mol. The highest BCUT2D eigenvalue weighted by Crippen LogP contribution is 2.54. The molecule has 3 aliphatic rings. The molecule has 1 aromatic heterocycles. The van der Waals surface area contributed by atoms with Gasteiger partial charge in [-0.05, 0) is 70.2 Å². The maximum atomic E-state index is 15.6. The van der Waals surface area contributed by atoms with Crippen molar-refractivity contribution in [1.82, 2.24) is 19.7 Å². The van der Waals surface area contributed by atoms with Crippen molar-refractivity contribution in [2.24, 2.45) is 0 Å². The highest BCUT2D eigenvalue weighted by molar-refractivity contribution is 7.93. The first-order valence-electron chi connectivity index (χ1n) is 15.2. The normalized spacial score (nSPS) is 23.0. The van der Waals surface area contributed by atoms with Crippen LogP contribution in [-0.4, -0.2) is 104 Å². The Bertz CT molecular complexity index is 1760. The SMILES string of the molecule is CCOc1ncccc1C1(C2CN(C3CCN(C)CC3)CCN2C(=O)O)C(=O)N(S(=O)(=O)c2ccccc2)c2cc(Cl)c(F)cc21. The van der Waals surface area contributed by atoms with Gasteiger partial charge in [-0.3, -0.25) is 9.69 Å². The Labute approximate surface area is 272 Å². The lowest BCUT2D eigenvalue weighted by atomic mass is 9.68. The summed E-state index contributed by atoms with van der Waals surface area (Å²) < 4.78 is 50.8. The van der Waals surface area contributed by atoms with Gasteiger partial charge in [0, 0.05) is 43.0 Å². The molecule has 0 radical (unpaired) electrons. The molecule has 3 aliphatic heterocycles.